The van der Waals surface area contributed by atoms with Crippen LogP contribution in [-0.2, 0) is 13.1 Å². The molecule has 5 heteroatoms. The lowest BCUT2D eigenvalue weighted by molar-refractivity contribution is 0.174. The van der Waals surface area contributed by atoms with Crippen LogP contribution in [0.3, 0.4) is 0 Å². The van der Waals surface area contributed by atoms with Gasteiger partial charge in [0.05, 0.1) is 0 Å². The van der Waals surface area contributed by atoms with Gasteiger partial charge in [0.25, 0.3) is 0 Å². The molecule has 0 atom stereocenters. The maximum absolute atomic E-state index is 6.06. The highest BCUT2D eigenvalue weighted by Gasteiger charge is 2.18. The molecule has 1 aliphatic heterocycles. The monoisotopic (exact) mass is 359 g/mol. The molecule has 1 heterocycles. The Hall–Kier alpha value is -1.62. The average molecular weight is 360 g/mol. The summed E-state index contributed by atoms with van der Waals surface area (Å²) < 4.78 is 0. The van der Waals surface area contributed by atoms with Crippen molar-refractivity contribution in [2.45, 2.75) is 13.1 Å². The Bertz CT molecular complexity index is 669. The van der Waals surface area contributed by atoms with Gasteiger partial charge in [-0.15, -0.1) is 0 Å². The first-order chi connectivity index (χ1) is 11.7. The maximum atomic E-state index is 6.06. The topological polar surface area (TPSA) is 18.5 Å². The summed E-state index contributed by atoms with van der Waals surface area (Å²) in [7, 11) is 0. The first-order valence-electron chi connectivity index (χ1n) is 8.24. The normalized spacial score (nSPS) is 15.3. The SMILES string of the molecule is S=C(NCc1ccccc1)N1CCN(Cc2cccc(Cl)c2)CC1. The molecule has 1 fully saturated rings. The molecule has 0 bridgehead atoms. The highest BCUT2D eigenvalue weighted by Crippen LogP contribution is 2.14. The van der Waals surface area contributed by atoms with Crippen LogP contribution < -0.4 is 5.32 Å². The minimum Gasteiger partial charge on any atom is -0.358 e. The van der Waals surface area contributed by atoms with Crippen LogP contribution in [0.5, 0.6) is 0 Å². The van der Waals surface area contributed by atoms with E-state index in [-0.39, 0.29) is 0 Å². The van der Waals surface area contributed by atoms with Crippen LogP contribution in [0.4, 0.5) is 0 Å². The van der Waals surface area contributed by atoms with Crippen molar-refractivity contribution in [3.05, 3.63) is 70.7 Å². The van der Waals surface area contributed by atoms with E-state index in [1.165, 1.54) is 11.1 Å². The summed E-state index contributed by atoms with van der Waals surface area (Å²) in [6.07, 6.45) is 0. The van der Waals surface area contributed by atoms with Crippen LogP contribution in [0.25, 0.3) is 0 Å². The molecule has 126 valence electrons. The molecule has 1 saturated heterocycles. The fourth-order valence-electron chi connectivity index (χ4n) is 2.89. The molecule has 24 heavy (non-hydrogen) atoms. The van der Waals surface area contributed by atoms with Gasteiger partial charge in [-0.25, -0.2) is 0 Å². The van der Waals surface area contributed by atoms with Crippen LogP contribution in [0, 0.1) is 0 Å². The number of thiocarbonyl (C=S) groups is 1. The predicted octanol–water partition coefficient (Wildman–Crippen LogP) is 3.53. The molecule has 0 aliphatic carbocycles. The lowest BCUT2D eigenvalue weighted by Gasteiger charge is -2.36. The summed E-state index contributed by atoms with van der Waals surface area (Å²) in [6, 6.07) is 18.4. The molecule has 0 saturated carbocycles. The number of piperazine rings is 1. The number of rotatable bonds is 4. The molecular formula is C19H22ClN3S. The van der Waals surface area contributed by atoms with Crippen molar-refractivity contribution >= 4 is 28.9 Å². The number of nitrogens with zero attached hydrogens (tertiary/aromatic N) is 2. The third-order valence-electron chi connectivity index (χ3n) is 4.24. The van der Waals surface area contributed by atoms with Gasteiger partial charge in [0, 0.05) is 44.3 Å². The Labute approximate surface area is 154 Å². The van der Waals surface area contributed by atoms with Crippen molar-refractivity contribution in [2.24, 2.45) is 0 Å². The second kappa shape index (κ2) is 8.47. The van der Waals surface area contributed by atoms with E-state index in [0.717, 1.165) is 49.4 Å². The molecule has 0 radical (unpaired) electrons. The zero-order chi connectivity index (χ0) is 16.8. The molecule has 2 aromatic carbocycles. The third kappa shape index (κ3) is 4.94. The highest BCUT2D eigenvalue weighted by molar-refractivity contribution is 7.80. The van der Waals surface area contributed by atoms with Gasteiger partial charge in [-0.3, -0.25) is 4.90 Å². The predicted molar refractivity (Wildman–Crippen MR) is 104 cm³/mol. The van der Waals surface area contributed by atoms with Gasteiger partial charge < -0.3 is 10.2 Å². The van der Waals surface area contributed by atoms with Crippen molar-refractivity contribution in [2.75, 3.05) is 26.2 Å². The molecule has 1 aliphatic rings. The Morgan fingerprint density at radius 1 is 0.958 bits per heavy atom. The van der Waals surface area contributed by atoms with Gasteiger partial charge in [-0.05, 0) is 35.5 Å². The summed E-state index contributed by atoms with van der Waals surface area (Å²) in [6.45, 7) is 5.67. The summed E-state index contributed by atoms with van der Waals surface area (Å²) in [4.78, 5) is 4.70. The molecule has 3 nitrogen and oxygen atoms in total. The van der Waals surface area contributed by atoms with E-state index in [0.29, 0.717) is 0 Å². The average Bonchev–Trinajstić information content (AvgIpc) is 2.61. The van der Waals surface area contributed by atoms with Crippen LogP contribution in [0.1, 0.15) is 11.1 Å². The number of hydrogen-bond donors (Lipinski definition) is 1. The second-order valence-corrected chi connectivity index (χ2v) is 6.86. The van der Waals surface area contributed by atoms with E-state index >= 15 is 0 Å². The Balaban J connectivity index is 1.43. The highest BCUT2D eigenvalue weighted by atomic mass is 35.5. The first-order valence-corrected chi connectivity index (χ1v) is 9.03. The van der Waals surface area contributed by atoms with Crippen molar-refractivity contribution in [1.29, 1.82) is 0 Å². The minimum absolute atomic E-state index is 0.780. The van der Waals surface area contributed by atoms with Crippen LogP contribution in [0.15, 0.2) is 54.6 Å². The van der Waals surface area contributed by atoms with E-state index in [9.17, 15) is 0 Å². The molecule has 0 aromatic heterocycles. The van der Waals surface area contributed by atoms with Crippen molar-refractivity contribution in [1.82, 2.24) is 15.1 Å². The van der Waals surface area contributed by atoms with Crippen molar-refractivity contribution in [3.8, 4) is 0 Å². The van der Waals surface area contributed by atoms with Gasteiger partial charge in [0.2, 0.25) is 0 Å². The van der Waals surface area contributed by atoms with Gasteiger partial charge in [0.15, 0.2) is 5.11 Å². The lowest BCUT2D eigenvalue weighted by atomic mass is 10.2. The van der Waals surface area contributed by atoms with Gasteiger partial charge >= 0.3 is 0 Å². The van der Waals surface area contributed by atoms with Crippen molar-refractivity contribution < 1.29 is 0 Å². The van der Waals surface area contributed by atoms with Gasteiger partial charge in [-0.1, -0.05) is 54.1 Å². The Morgan fingerprint density at radius 2 is 1.67 bits per heavy atom. The van der Waals surface area contributed by atoms with E-state index in [4.69, 9.17) is 23.8 Å². The number of halogens is 1. The van der Waals surface area contributed by atoms with Crippen LogP contribution >= 0.6 is 23.8 Å². The fraction of sp³-hybridized carbons (Fsp3) is 0.316. The van der Waals surface area contributed by atoms with E-state index in [2.05, 4.69) is 45.4 Å². The zero-order valence-electron chi connectivity index (χ0n) is 13.6. The molecule has 0 spiro atoms. The lowest BCUT2D eigenvalue weighted by Crippen LogP contribution is -2.51. The Kier molecular flexibility index (Phi) is 6.07. The van der Waals surface area contributed by atoms with Crippen molar-refractivity contribution in [3.63, 3.8) is 0 Å². The molecule has 0 amide bonds. The van der Waals surface area contributed by atoms with Crippen LogP contribution in [-0.4, -0.2) is 41.1 Å². The first kappa shape index (κ1) is 17.2. The van der Waals surface area contributed by atoms with Gasteiger partial charge in [-0.2, -0.15) is 0 Å². The summed E-state index contributed by atoms with van der Waals surface area (Å²) in [5, 5.41) is 5.01. The molecule has 0 unspecified atom stereocenters. The zero-order valence-corrected chi connectivity index (χ0v) is 15.2. The molecule has 1 N–H and O–H groups in total. The van der Waals surface area contributed by atoms with Gasteiger partial charge in [0.1, 0.15) is 0 Å². The fourth-order valence-corrected chi connectivity index (χ4v) is 3.36. The van der Waals surface area contributed by atoms with E-state index in [1.807, 2.05) is 24.3 Å². The second-order valence-electron chi connectivity index (χ2n) is 6.04. The molecule has 3 rings (SSSR count). The number of hydrogen-bond acceptors (Lipinski definition) is 2. The van der Waals surface area contributed by atoms with E-state index < -0.39 is 0 Å². The number of nitrogens with one attached hydrogen (secondary N) is 1. The van der Waals surface area contributed by atoms with Crippen LogP contribution in [0.2, 0.25) is 5.02 Å². The summed E-state index contributed by atoms with van der Waals surface area (Å²) in [5.41, 5.74) is 2.51. The summed E-state index contributed by atoms with van der Waals surface area (Å²) in [5.74, 6) is 0. The minimum atomic E-state index is 0.780. The number of benzene rings is 2. The quantitative estimate of drug-likeness (QED) is 0.841. The molecular weight excluding hydrogens is 338 g/mol. The largest absolute Gasteiger partial charge is 0.358 e. The maximum Gasteiger partial charge on any atom is 0.169 e. The Morgan fingerprint density at radius 3 is 2.38 bits per heavy atom. The standard InChI is InChI=1S/C19H22ClN3S/c20-18-8-4-7-17(13-18)15-22-9-11-23(12-10-22)19(24)21-14-16-5-2-1-3-6-16/h1-8,13H,9-12,14-15H2,(H,21,24). The molecule has 2 aromatic rings. The third-order valence-corrected chi connectivity index (χ3v) is 4.88. The summed E-state index contributed by atoms with van der Waals surface area (Å²) >= 11 is 11.6. The van der Waals surface area contributed by atoms with E-state index in [1.54, 1.807) is 0 Å². The smallest absolute Gasteiger partial charge is 0.169 e.